The molecule has 6 nitrogen and oxygen atoms in total. The molecule has 1 aliphatic carbocycles. The molecule has 0 atom stereocenters. The van der Waals surface area contributed by atoms with Crippen molar-refractivity contribution < 1.29 is 25.9 Å². The van der Waals surface area contributed by atoms with Crippen molar-refractivity contribution in [3.05, 3.63) is 54.1 Å². The third kappa shape index (κ3) is 2.26. The Labute approximate surface area is 127 Å². The predicted octanol–water partition coefficient (Wildman–Crippen LogP) is 2.22. The van der Waals surface area contributed by atoms with Gasteiger partial charge in [0.15, 0.2) is 0 Å². The molecule has 0 aliphatic heterocycles. The molecule has 3 rings (SSSR count). The molecule has 2 N–H and O–H groups in total. The molecule has 0 aromatic heterocycles. The molecule has 0 fully saturated rings. The lowest BCUT2D eigenvalue weighted by Crippen LogP contribution is -1.98. The lowest BCUT2D eigenvalue weighted by molar-refractivity contribution is 0.481. The standard InChI is InChI=1S/C14H10O6S2/c1-8-13-6-9(21(15,16)17)2-4-11(13)12-5-3-10(7-14(8)12)22(18,19)20/h2-7H,1H2,(H,15,16,17)(H,18,19,20). The number of hydrogen-bond donors (Lipinski definition) is 2. The van der Waals surface area contributed by atoms with Crippen LogP contribution in [-0.4, -0.2) is 25.9 Å². The molecule has 0 amide bonds. The van der Waals surface area contributed by atoms with Crippen LogP contribution in [0.2, 0.25) is 0 Å². The van der Waals surface area contributed by atoms with Crippen LogP contribution in [0, 0.1) is 0 Å². The van der Waals surface area contributed by atoms with Crippen molar-refractivity contribution in [2.24, 2.45) is 0 Å². The maximum Gasteiger partial charge on any atom is 0.294 e. The highest BCUT2D eigenvalue weighted by Gasteiger charge is 2.26. The first-order valence-electron chi connectivity index (χ1n) is 6.02. The molecule has 22 heavy (non-hydrogen) atoms. The maximum absolute atomic E-state index is 11.2. The van der Waals surface area contributed by atoms with Crippen LogP contribution < -0.4 is 0 Å². The van der Waals surface area contributed by atoms with E-state index in [4.69, 9.17) is 9.11 Å². The summed E-state index contributed by atoms with van der Waals surface area (Å²) >= 11 is 0. The Morgan fingerprint density at radius 3 is 1.36 bits per heavy atom. The Balaban J connectivity index is 2.24. The van der Waals surface area contributed by atoms with Gasteiger partial charge in [-0.3, -0.25) is 9.11 Å². The van der Waals surface area contributed by atoms with E-state index >= 15 is 0 Å². The molecule has 0 bridgehead atoms. The van der Waals surface area contributed by atoms with Gasteiger partial charge >= 0.3 is 0 Å². The third-order valence-corrected chi connectivity index (χ3v) is 5.22. The van der Waals surface area contributed by atoms with E-state index in [9.17, 15) is 16.8 Å². The van der Waals surface area contributed by atoms with Crippen molar-refractivity contribution >= 4 is 25.8 Å². The van der Waals surface area contributed by atoms with Gasteiger partial charge in [-0.2, -0.15) is 16.8 Å². The summed E-state index contributed by atoms with van der Waals surface area (Å²) in [7, 11) is -8.69. The molecule has 8 heteroatoms. The van der Waals surface area contributed by atoms with Gasteiger partial charge < -0.3 is 0 Å². The molecule has 0 saturated carbocycles. The summed E-state index contributed by atoms with van der Waals surface area (Å²) in [6.07, 6.45) is 0. The lowest BCUT2D eigenvalue weighted by atomic mass is 10.1. The van der Waals surface area contributed by atoms with Gasteiger partial charge in [-0.15, -0.1) is 0 Å². The van der Waals surface area contributed by atoms with Gasteiger partial charge in [-0.1, -0.05) is 18.7 Å². The highest BCUT2D eigenvalue weighted by atomic mass is 32.2. The van der Waals surface area contributed by atoms with Crippen molar-refractivity contribution in [2.75, 3.05) is 0 Å². The fourth-order valence-electron chi connectivity index (χ4n) is 2.48. The van der Waals surface area contributed by atoms with E-state index in [0.29, 0.717) is 27.8 Å². The number of hydrogen-bond acceptors (Lipinski definition) is 4. The lowest BCUT2D eigenvalue weighted by Gasteiger charge is -2.03. The van der Waals surface area contributed by atoms with Gasteiger partial charge in [0.2, 0.25) is 0 Å². The zero-order valence-electron chi connectivity index (χ0n) is 11.0. The van der Waals surface area contributed by atoms with Crippen LogP contribution in [0.25, 0.3) is 16.7 Å². The summed E-state index contributed by atoms with van der Waals surface area (Å²) in [6, 6.07) is 8.10. The van der Waals surface area contributed by atoms with E-state index in [-0.39, 0.29) is 9.79 Å². The summed E-state index contributed by atoms with van der Waals surface area (Å²) in [4.78, 5) is -0.537. The Hall–Kier alpha value is -2.00. The number of benzene rings is 2. The zero-order chi connectivity index (χ0) is 16.3. The zero-order valence-corrected chi connectivity index (χ0v) is 12.6. The molecule has 2 aromatic rings. The minimum Gasteiger partial charge on any atom is -0.282 e. The largest absolute Gasteiger partial charge is 0.294 e. The maximum atomic E-state index is 11.2. The topological polar surface area (TPSA) is 109 Å². The van der Waals surface area contributed by atoms with Gasteiger partial charge in [0.1, 0.15) is 0 Å². The second kappa shape index (κ2) is 4.50. The minimum atomic E-state index is -4.34. The molecule has 1 aliphatic rings. The summed E-state index contributed by atoms with van der Waals surface area (Å²) < 4.78 is 63.1. The van der Waals surface area contributed by atoms with E-state index in [1.54, 1.807) is 0 Å². The van der Waals surface area contributed by atoms with Crippen LogP contribution in [0.4, 0.5) is 0 Å². The Bertz CT molecular complexity index is 949. The summed E-state index contributed by atoms with van der Waals surface area (Å²) in [5.74, 6) is 0. The molecular formula is C14H10O6S2. The molecule has 2 aromatic carbocycles. The van der Waals surface area contributed by atoms with E-state index in [0.717, 1.165) is 0 Å². The first kappa shape index (κ1) is 14.9. The van der Waals surface area contributed by atoms with Gasteiger partial charge in [-0.25, -0.2) is 0 Å². The third-order valence-electron chi connectivity index (χ3n) is 3.52. The van der Waals surface area contributed by atoms with Crippen molar-refractivity contribution in [3.63, 3.8) is 0 Å². The van der Waals surface area contributed by atoms with Crippen LogP contribution in [-0.2, 0) is 20.2 Å². The van der Waals surface area contributed by atoms with Crippen molar-refractivity contribution in [1.82, 2.24) is 0 Å². The highest BCUT2D eigenvalue weighted by Crippen LogP contribution is 2.44. The van der Waals surface area contributed by atoms with Crippen molar-refractivity contribution in [3.8, 4) is 11.1 Å². The van der Waals surface area contributed by atoms with E-state index in [1.807, 2.05) is 0 Å². The fraction of sp³-hybridized carbons (Fsp3) is 0. The van der Waals surface area contributed by atoms with Crippen LogP contribution in [0.5, 0.6) is 0 Å². The van der Waals surface area contributed by atoms with Crippen LogP contribution in [0.3, 0.4) is 0 Å². The quantitative estimate of drug-likeness (QED) is 0.694. The average Bonchev–Trinajstić information content (AvgIpc) is 2.70. The van der Waals surface area contributed by atoms with Crippen molar-refractivity contribution in [1.29, 1.82) is 0 Å². The van der Waals surface area contributed by atoms with Crippen LogP contribution >= 0.6 is 0 Å². The van der Waals surface area contributed by atoms with E-state index < -0.39 is 20.2 Å². The van der Waals surface area contributed by atoms with Gasteiger partial charge in [0.25, 0.3) is 20.2 Å². The normalized spacial score (nSPS) is 13.8. The smallest absolute Gasteiger partial charge is 0.282 e. The van der Waals surface area contributed by atoms with Gasteiger partial charge in [0.05, 0.1) is 9.79 Å². The summed E-state index contributed by atoms with van der Waals surface area (Å²) in [5.41, 5.74) is 2.74. The van der Waals surface area contributed by atoms with Crippen molar-refractivity contribution in [2.45, 2.75) is 9.79 Å². The summed E-state index contributed by atoms with van der Waals surface area (Å²) in [5, 5.41) is 0. The number of rotatable bonds is 2. The SMILES string of the molecule is C=C1c2cc(S(=O)(=O)O)ccc2-c2ccc(S(=O)(=O)O)cc21. The fourth-order valence-corrected chi connectivity index (χ4v) is 3.50. The molecule has 114 valence electrons. The molecule has 0 spiro atoms. The molecule has 0 unspecified atom stereocenters. The van der Waals surface area contributed by atoms with Crippen LogP contribution in [0.1, 0.15) is 11.1 Å². The number of fused-ring (bicyclic) bond motifs is 3. The van der Waals surface area contributed by atoms with Gasteiger partial charge in [0, 0.05) is 0 Å². The van der Waals surface area contributed by atoms with E-state index in [1.165, 1.54) is 36.4 Å². The minimum absolute atomic E-state index is 0.268. The Morgan fingerprint density at radius 1 is 0.682 bits per heavy atom. The molecule has 0 saturated heterocycles. The second-order valence-electron chi connectivity index (χ2n) is 4.84. The van der Waals surface area contributed by atoms with E-state index in [2.05, 4.69) is 6.58 Å². The highest BCUT2D eigenvalue weighted by molar-refractivity contribution is 7.86. The predicted molar refractivity (Wildman–Crippen MR) is 79.6 cm³/mol. The average molecular weight is 338 g/mol. The van der Waals surface area contributed by atoms with Crippen LogP contribution in [0.15, 0.2) is 52.8 Å². The Morgan fingerprint density at radius 2 is 1.05 bits per heavy atom. The second-order valence-corrected chi connectivity index (χ2v) is 7.69. The molecule has 0 heterocycles. The first-order valence-corrected chi connectivity index (χ1v) is 8.90. The van der Waals surface area contributed by atoms with Gasteiger partial charge in [-0.05, 0) is 52.1 Å². The first-order chi connectivity index (χ1) is 10.1. The monoisotopic (exact) mass is 338 g/mol. The summed E-state index contributed by atoms with van der Waals surface area (Å²) in [6.45, 7) is 3.83. The molecular weight excluding hydrogens is 328 g/mol. The molecule has 0 radical (unpaired) electrons. The Kier molecular flexibility index (Phi) is 3.05.